The number of nitrogens with two attached hydrogens (primary N) is 1. The molecule has 1 unspecified atom stereocenters. The van der Waals surface area contributed by atoms with E-state index in [-0.39, 0.29) is 5.91 Å². The molecule has 0 aromatic heterocycles. The smallest absolute Gasteiger partial charge is 0.255 e. The normalized spacial score (nSPS) is 12.4. The quantitative estimate of drug-likeness (QED) is 0.803. The summed E-state index contributed by atoms with van der Waals surface area (Å²) in [5.74, 6) is 0.624. The van der Waals surface area contributed by atoms with Gasteiger partial charge in [-0.15, -0.1) is 0 Å². The monoisotopic (exact) mass is 265 g/mol. The number of carbonyl (C=O) groups is 1. The van der Waals surface area contributed by atoms with Crippen LogP contribution in [0.15, 0.2) is 6.07 Å². The van der Waals surface area contributed by atoms with E-state index in [2.05, 4.69) is 5.43 Å². The lowest BCUT2D eigenvalue weighted by molar-refractivity contribution is -0.126. The fourth-order valence-electron chi connectivity index (χ4n) is 2.16. The summed E-state index contributed by atoms with van der Waals surface area (Å²) in [6, 6.07) is 1.23. The van der Waals surface area contributed by atoms with E-state index in [1.807, 2.05) is 26.8 Å². The van der Waals surface area contributed by atoms with Gasteiger partial charge in [0.25, 0.3) is 5.91 Å². The summed E-state index contributed by atoms with van der Waals surface area (Å²) in [6.07, 6.45) is 0. The number of aryl methyl sites for hydroxylation is 1. The van der Waals surface area contributed by atoms with Crippen molar-refractivity contribution in [1.29, 1.82) is 0 Å². The van der Waals surface area contributed by atoms with E-state index in [1.54, 1.807) is 26.2 Å². The Morgan fingerprint density at radius 2 is 1.89 bits per heavy atom. The van der Waals surface area contributed by atoms with Gasteiger partial charge in [-0.05, 0) is 43.0 Å². The van der Waals surface area contributed by atoms with E-state index in [0.29, 0.717) is 0 Å². The van der Waals surface area contributed by atoms with Gasteiger partial charge in [-0.1, -0.05) is 6.07 Å². The maximum absolute atomic E-state index is 12.0. The number of rotatable bonds is 4. The van der Waals surface area contributed by atoms with Crippen molar-refractivity contribution in [2.75, 3.05) is 21.2 Å². The van der Waals surface area contributed by atoms with Gasteiger partial charge in [-0.25, -0.2) is 5.01 Å². The number of ether oxygens (including phenoxy) is 1. The van der Waals surface area contributed by atoms with Crippen molar-refractivity contribution in [1.82, 2.24) is 10.4 Å². The number of hydrazine groups is 1. The molecule has 0 bridgehead atoms. The molecule has 0 radical (unpaired) electrons. The minimum Gasteiger partial charge on any atom is -0.496 e. The van der Waals surface area contributed by atoms with Gasteiger partial charge >= 0.3 is 0 Å². The van der Waals surface area contributed by atoms with E-state index in [9.17, 15) is 4.79 Å². The Labute approximate surface area is 114 Å². The van der Waals surface area contributed by atoms with Crippen LogP contribution in [0.1, 0.15) is 28.3 Å². The molecule has 0 heterocycles. The van der Waals surface area contributed by atoms with Gasteiger partial charge in [-0.3, -0.25) is 10.2 Å². The first-order chi connectivity index (χ1) is 8.79. The highest BCUT2D eigenvalue weighted by molar-refractivity contribution is 5.83. The first-order valence-electron chi connectivity index (χ1n) is 6.17. The second-order valence-electron chi connectivity index (χ2n) is 4.91. The van der Waals surface area contributed by atoms with Gasteiger partial charge in [0, 0.05) is 14.1 Å². The van der Waals surface area contributed by atoms with Crippen LogP contribution in [-0.2, 0) is 4.79 Å². The van der Waals surface area contributed by atoms with Gasteiger partial charge in [0.2, 0.25) is 0 Å². The predicted octanol–water partition coefficient (Wildman–Crippen LogP) is 1.21. The molecule has 19 heavy (non-hydrogen) atoms. The molecule has 0 spiro atoms. The number of hydrogen-bond donors (Lipinski definition) is 2. The topological polar surface area (TPSA) is 67.6 Å². The van der Waals surface area contributed by atoms with Gasteiger partial charge in [0.15, 0.2) is 0 Å². The van der Waals surface area contributed by atoms with Gasteiger partial charge < -0.3 is 10.5 Å². The maximum Gasteiger partial charge on any atom is 0.255 e. The number of amides is 1. The second-order valence-corrected chi connectivity index (χ2v) is 4.91. The highest BCUT2D eigenvalue weighted by Crippen LogP contribution is 2.30. The van der Waals surface area contributed by atoms with Crippen molar-refractivity contribution in [3.05, 3.63) is 28.3 Å². The molecule has 5 heteroatoms. The standard InChI is InChI=1S/C14H23N3O2/c1-8-7-11(9(2)10(3)13(8)19-6)12(15)14(18)16-17(4)5/h7,12H,15H2,1-6H3,(H,16,18). The summed E-state index contributed by atoms with van der Waals surface area (Å²) in [5.41, 5.74) is 12.5. The lowest BCUT2D eigenvalue weighted by atomic mass is 9.94. The number of hydrogen-bond acceptors (Lipinski definition) is 4. The Balaban J connectivity index is 3.18. The molecule has 0 fully saturated rings. The Bertz CT molecular complexity index is 484. The van der Waals surface area contributed by atoms with Crippen LogP contribution in [0, 0.1) is 20.8 Å². The fraction of sp³-hybridized carbons (Fsp3) is 0.500. The van der Waals surface area contributed by atoms with Gasteiger partial charge in [0.05, 0.1) is 7.11 Å². The van der Waals surface area contributed by atoms with Crippen LogP contribution in [0.3, 0.4) is 0 Å². The molecule has 1 rings (SSSR count). The third-order valence-electron chi connectivity index (χ3n) is 3.22. The summed E-state index contributed by atoms with van der Waals surface area (Å²) in [7, 11) is 5.15. The lowest BCUT2D eigenvalue weighted by Gasteiger charge is -2.21. The Morgan fingerprint density at radius 3 is 2.37 bits per heavy atom. The highest BCUT2D eigenvalue weighted by Gasteiger charge is 2.21. The summed E-state index contributed by atoms with van der Waals surface area (Å²) in [5, 5.41) is 1.58. The molecule has 0 aliphatic carbocycles. The molecule has 1 amide bonds. The molecule has 0 aliphatic heterocycles. The van der Waals surface area contributed by atoms with Crippen LogP contribution >= 0.6 is 0 Å². The number of nitrogens with one attached hydrogen (secondary N) is 1. The summed E-state index contributed by atoms with van der Waals surface area (Å²) in [4.78, 5) is 12.0. The van der Waals surface area contributed by atoms with Gasteiger partial charge in [0.1, 0.15) is 11.8 Å². The number of nitrogens with zero attached hydrogens (tertiary/aromatic N) is 1. The summed E-state index contributed by atoms with van der Waals surface area (Å²) in [6.45, 7) is 5.88. The van der Waals surface area contributed by atoms with Crippen molar-refractivity contribution in [2.45, 2.75) is 26.8 Å². The van der Waals surface area contributed by atoms with Crippen LogP contribution in [0.2, 0.25) is 0 Å². The number of methoxy groups -OCH3 is 1. The number of carbonyl (C=O) groups excluding carboxylic acids is 1. The maximum atomic E-state index is 12.0. The van der Waals surface area contributed by atoms with Crippen LogP contribution in [0.5, 0.6) is 5.75 Å². The van der Waals surface area contributed by atoms with Crippen LogP contribution in [-0.4, -0.2) is 32.1 Å². The molecule has 3 N–H and O–H groups in total. The van der Waals surface area contributed by atoms with E-state index < -0.39 is 6.04 Å². The third-order valence-corrected chi connectivity index (χ3v) is 3.22. The molecular weight excluding hydrogens is 242 g/mol. The Kier molecular flexibility index (Phi) is 4.91. The van der Waals surface area contributed by atoms with Crippen molar-refractivity contribution in [2.24, 2.45) is 5.73 Å². The molecular formula is C14H23N3O2. The molecule has 1 aromatic rings. The number of benzene rings is 1. The average Bonchev–Trinajstić information content (AvgIpc) is 2.32. The van der Waals surface area contributed by atoms with Crippen molar-refractivity contribution in [3.8, 4) is 5.75 Å². The zero-order chi connectivity index (χ0) is 14.7. The Morgan fingerprint density at radius 1 is 1.32 bits per heavy atom. The molecule has 1 aromatic carbocycles. The molecule has 5 nitrogen and oxygen atoms in total. The minimum atomic E-state index is -0.689. The van der Waals surface area contributed by atoms with Crippen molar-refractivity contribution < 1.29 is 9.53 Å². The SMILES string of the molecule is COc1c(C)cc(C(N)C(=O)NN(C)C)c(C)c1C. The summed E-state index contributed by atoms with van der Waals surface area (Å²) >= 11 is 0. The van der Waals surface area contributed by atoms with E-state index >= 15 is 0 Å². The van der Waals surface area contributed by atoms with Crippen LogP contribution in [0.25, 0.3) is 0 Å². The zero-order valence-electron chi connectivity index (χ0n) is 12.5. The van der Waals surface area contributed by atoms with E-state index in [0.717, 1.165) is 28.0 Å². The Hall–Kier alpha value is -1.59. The second kappa shape index (κ2) is 6.04. The van der Waals surface area contributed by atoms with Crippen molar-refractivity contribution in [3.63, 3.8) is 0 Å². The molecule has 106 valence electrons. The fourth-order valence-corrected chi connectivity index (χ4v) is 2.16. The van der Waals surface area contributed by atoms with E-state index in [1.165, 1.54) is 0 Å². The van der Waals surface area contributed by atoms with Crippen LogP contribution < -0.4 is 15.9 Å². The molecule has 1 atom stereocenters. The van der Waals surface area contributed by atoms with Crippen molar-refractivity contribution >= 4 is 5.91 Å². The molecule has 0 saturated heterocycles. The first-order valence-corrected chi connectivity index (χ1v) is 6.17. The summed E-state index contributed by atoms with van der Waals surface area (Å²) < 4.78 is 5.37. The molecule has 0 saturated carbocycles. The average molecular weight is 265 g/mol. The van der Waals surface area contributed by atoms with E-state index in [4.69, 9.17) is 10.5 Å². The van der Waals surface area contributed by atoms with Gasteiger partial charge in [-0.2, -0.15) is 0 Å². The third kappa shape index (κ3) is 3.24. The predicted molar refractivity (Wildman–Crippen MR) is 76.0 cm³/mol. The zero-order valence-corrected chi connectivity index (χ0v) is 12.5. The first kappa shape index (κ1) is 15.5. The minimum absolute atomic E-state index is 0.225. The van der Waals surface area contributed by atoms with Crippen LogP contribution in [0.4, 0.5) is 0 Å². The molecule has 0 aliphatic rings. The largest absolute Gasteiger partial charge is 0.496 e. The lowest BCUT2D eigenvalue weighted by Crippen LogP contribution is -2.42. The highest BCUT2D eigenvalue weighted by atomic mass is 16.5.